The van der Waals surface area contributed by atoms with Gasteiger partial charge in [0.1, 0.15) is 13.2 Å². The number of allylic oxidation sites excluding steroid dienone is 6. The van der Waals surface area contributed by atoms with Crippen molar-refractivity contribution in [1.82, 2.24) is 0 Å². The van der Waals surface area contributed by atoms with Gasteiger partial charge in [-0.3, -0.25) is 14.4 Å². The highest BCUT2D eigenvalue weighted by molar-refractivity contribution is 5.71. The normalized spacial score (nSPS) is 12.2. The minimum atomic E-state index is -0.781. The Morgan fingerprint density at radius 1 is 0.266 bits per heavy atom. The molecule has 1 unspecified atom stereocenters. The highest BCUT2D eigenvalue weighted by atomic mass is 16.6. The molecule has 0 aromatic heterocycles. The predicted octanol–water partition coefficient (Wildman–Crippen LogP) is 24.3. The van der Waals surface area contributed by atoms with Crippen molar-refractivity contribution in [3.63, 3.8) is 0 Å². The third-order valence-electron chi connectivity index (χ3n) is 16.2. The molecule has 79 heavy (non-hydrogen) atoms. The average molecular weight is 1110 g/mol. The molecule has 0 aromatic rings. The van der Waals surface area contributed by atoms with Crippen LogP contribution in [0.5, 0.6) is 0 Å². The Labute approximate surface area is 493 Å². The SMILES string of the molecule is CC/C=C\C/C=C\C/C=C\CCCCCC(=O)OCC(COC(=O)CCCCCCCCCCCCCCCCCCCCCCCCCCCCCC)OC(=O)CCCCCCCCCCCCCCCCCCCCCC. The molecule has 0 fully saturated rings. The van der Waals surface area contributed by atoms with Gasteiger partial charge in [-0.15, -0.1) is 0 Å². The van der Waals surface area contributed by atoms with E-state index in [2.05, 4.69) is 57.2 Å². The summed E-state index contributed by atoms with van der Waals surface area (Å²) in [5.41, 5.74) is 0. The van der Waals surface area contributed by atoms with E-state index in [9.17, 15) is 14.4 Å². The monoisotopic (exact) mass is 1110 g/mol. The first-order valence-corrected chi connectivity index (χ1v) is 35.5. The summed E-state index contributed by atoms with van der Waals surface area (Å²) >= 11 is 0. The number of carbonyl (C=O) groups is 3. The Morgan fingerprint density at radius 2 is 0.494 bits per heavy atom. The Balaban J connectivity index is 4.18. The van der Waals surface area contributed by atoms with Crippen molar-refractivity contribution in [2.24, 2.45) is 0 Å². The Morgan fingerprint density at radius 3 is 0.772 bits per heavy atom. The lowest BCUT2D eigenvalue weighted by atomic mass is 10.0. The van der Waals surface area contributed by atoms with Gasteiger partial charge in [-0.25, -0.2) is 0 Å². The van der Waals surface area contributed by atoms with Crippen LogP contribution in [0.1, 0.15) is 393 Å². The van der Waals surface area contributed by atoms with Crippen LogP contribution in [-0.4, -0.2) is 37.2 Å². The molecular weight excluding hydrogens is 973 g/mol. The van der Waals surface area contributed by atoms with Crippen molar-refractivity contribution in [3.8, 4) is 0 Å². The van der Waals surface area contributed by atoms with E-state index in [1.54, 1.807) is 0 Å². The van der Waals surface area contributed by atoms with E-state index in [1.165, 1.54) is 270 Å². The summed E-state index contributed by atoms with van der Waals surface area (Å²) in [6, 6.07) is 0. The van der Waals surface area contributed by atoms with Gasteiger partial charge in [0.25, 0.3) is 0 Å². The molecule has 0 amide bonds. The summed E-state index contributed by atoms with van der Waals surface area (Å²) in [5.74, 6) is -0.877. The zero-order valence-electron chi connectivity index (χ0n) is 53.4. The van der Waals surface area contributed by atoms with Crippen LogP contribution in [0, 0.1) is 0 Å². The molecule has 0 aliphatic rings. The minimum absolute atomic E-state index is 0.0758. The van der Waals surface area contributed by atoms with E-state index in [0.717, 1.165) is 83.5 Å². The van der Waals surface area contributed by atoms with Crippen molar-refractivity contribution >= 4 is 17.9 Å². The Kier molecular flexibility index (Phi) is 66.1. The molecule has 0 aliphatic heterocycles. The Bertz CT molecular complexity index is 1320. The van der Waals surface area contributed by atoms with Crippen LogP contribution in [0.25, 0.3) is 0 Å². The van der Waals surface area contributed by atoms with E-state index < -0.39 is 6.10 Å². The molecule has 0 aromatic carbocycles. The van der Waals surface area contributed by atoms with Gasteiger partial charge in [-0.1, -0.05) is 359 Å². The molecule has 464 valence electrons. The van der Waals surface area contributed by atoms with E-state index in [-0.39, 0.29) is 31.1 Å². The molecule has 0 saturated carbocycles. The molecule has 0 heterocycles. The lowest BCUT2D eigenvalue weighted by Crippen LogP contribution is -2.30. The number of ether oxygens (including phenoxy) is 3. The van der Waals surface area contributed by atoms with Gasteiger partial charge in [-0.05, 0) is 51.4 Å². The molecule has 0 saturated heterocycles. The number of carbonyl (C=O) groups excluding carboxylic acids is 3. The molecule has 0 aliphatic carbocycles. The maximum Gasteiger partial charge on any atom is 0.306 e. The van der Waals surface area contributed by atoms with Gasteiger partial charge in [0.05, 0.1) is 0 Å². The highest BCUT2D eigenvalue weighted by Gasteiger charge is 2.19. The first-order valence-electron chi connectivity index (χ1n) is 35.5. The highest BCUT2D eigenvalue weighted by Crippen LogP contribution is 2.19. The molecular formula is C73H136O6. The summed E-state index contributed by atoms with van der Waals surface area (Å²) in [5, 5.41) is 0. The van der Waals surface area contributed by atoms with Gasteiger partial charge >= 0.3 is 17.9 Å². The fourth-order valence-electron chi connectivity index (χ4n) is 10.9. The van der Waals surface area contributed by atoms with Crippen LogP contribution in [0.3, 0.4) is 0 Å². The largest absolute Gasteiger partial charge is 0.462 e. The van der Waals surface area contributed by atoms with Gasteiger partial charge in [0.2, 0.25) is 0 Å². The molecule has 6 heteroatoms. The fourth-order valence-corrected chi connectivity index (χ4v) is 10.9. The second-order valence-electron chi connectivity index (χ2n) is 24.1. The first kappa shape index (κ1) is 76.6. The van der Waals surface area contributed by atoms with Crippen LogP contribution in [-0.2, 0) is 28.6 Å². The predicted molar refractivity (Wildman–Crippen MR) is 344 cm³/mol. The second kappa shape index (κ2) is 68.1. The zero-order chi connectivity index (χ0) is 57.1. The van der Waals surface area contributed by atoms with E-state index in [4.69, 9.17) is 14.2 Å². The standard InChI is InChI=1S/C73H136O6/c1-4-7-10-13-16-19-22-25-27-29-31-33-34-35-36-37-38-39-40-42-43-45-48-51-54-57-60-63-66-72(75)78-69-70(68-77-71(74)65-62-59-56-53-50-47-24-21-18-15-12-9-6-3)79-73(76)67-64-61-58-55-52-49-46-44-41-32-30-28-26-23-20-17-14-11-8-5-2/h9,12,18,21,47,50,70H,4-8,10-11,13-17,19-20,22-46,48-49,51-69H2,1-3H3/b12-9-,21-18-,50-47-. The summed E-state index contributed by atoms with van der Waals surface area (Å²) < 4.78 is 17.0. The van der Waals surface area contributed by atoms with Crippen LogP contribution < -0.4 is 0 Å². The number of hydrogen-bond donors (Lipinski definition) is 0. The number of hydrogen-bond acceptors (Lipinski definition) is 6. The molecule has 1 atom stereocenters. The third kappa shape index (κ3) is 66.3. The van der Waals surface area contributed by atoms with Gasteiger partial charge in [-0.2, -0.15) is 0 Å². The van der Waals surface area contributed by atoms with E-state index in [1.807, 2.05) is 0 Å². The third-order valence-corrected chi connectivity index (χ3v) is 16.2. The zero-order valence-corrected chi connectivity index (χ0v) is 53.4. The lowest BCUT2D eigenvalue weighted by Gasteiger charge is -2.18. The quantitative estimate of drug-likeness (QED) is 0.0261. The maximum atomic E-state index is 12.9. The Hall–Kier alpha value is -2.37. The maximum absolute atomic E-state index is 12.9. The minimum Gasteiger partial charge on any atom is -0.462 e. The first-order chi connectivity index (χ1) is 39.0. The van der Waals surface area contributed by atoms with Crippen LogP contribution in [0.15, 0.2) is 36.5 Å². The summed E-state index contributed by atoms with van der Waals surface area (Å²) in [7, 11) is 0. The van der Waals surface area contributed by atoms with Crippen LogP contribution in [0.2, 0.25) is 0 Å². The number of rotatable bonds is 66. The van der Waals surface area contributed by atoms with Gasteiger partial charge in [0.15, 0.2) is 6.10 Å². The molecule has 6 nitrogen and oxygen atoms in total. The summed E-state index contributed by atoms with van der Waals surface area (Å²) in [4.78, 5) is 38.4. The topological polar surface area (TPSA) is 78.9 Å². The van der Waals surface area contributed by atoms with E-state index >= 15 is 0 Å². The van der Waals surface area contributed by atoms with Gasteiger partial charge < -0.3 is 14.2 Å². The van der Waals surface area contributed by atoms with Gasteiger partial charge in [0, 0.05) is 19.3 Å². The average Bonchev–Trinajstić information content (AvgIpc) is 3.45. The van der Waals surface area contributed by atoms with Crippen molar-refractivity contribution in [3.05, 3.63) is 36.5 Å². The molecule has 0 spiro atoms. The van der Waals surface area contributed by atoms with Crippen molar-refractivity contribution in [2.45, 2.75) is 399 Å². The van der Waals surface area contributed by atoms with E-state index in [0.29, 0.717) is 19.3 Å². The van der Waals surface area contributed by atoms with Crippen LogP contribution in [0.4, 0.5) is 0 Å². The number of unbranched alkanes of at least 4 members (excludes halogenated alkanes) is 49. The second-order valence-corrected chi connectivity index (χ2v) is 24.1. The number of esters is 3. The molecule has 0 bridgehead atoms. The van der Waals surface area contributed by atoms with Crippen molar-refractivity contribution < 1.29 is 28.6 Å². The molecule has 0 N–H and O–H groups in total. The molecule has 0 radical (unpaired) electrons. The van der Waals surface area contributed by atoms with Crippen molar-refractivity contribution in [2.75, 3.05) is 13.2 Å². The van der Waals surface area contributed by atoms with Crippen molar-refractivity contribution in [1.29, 1.82) is 0 Å². The molecule has 0 rings (SSSR count). The lowest BCUT2D eigenvalue weighted by molar-refractivity contribution is -0.167. The smallest absolute Gasteiger partial charge is 0.306 e. The van der Waals surface area contributed by atoms with Crippen LogP contribution >= 0.6 is 0 Å². The summed E-state index contributed by atoms with van der Waals surface area (Å²) in [6.45, 7) is 6.58. The summed E-state index contributed by atoms with van der Waals surface area (Å²) in [6.07, 6.45) is 84.8. The fraction of sp³-hybridized carbons (Fsp3) is 0.877.